The molecule has 0 spiro atoms. The van der Waals surface area contributed by atoms with E-state index in [1.165, 1.54) is 26.1 Å². The largest absolute Gasteiger partial charge is 0.495 e. The Morgan fingerprint density at radius 1 is 1.23 bits per heavy atom. The number of rotatable bonds is 4. The van der Waals surface area contributed by atoms with Crippen LogP contribution < -0.4 is 20.7 Å². The number of carboxylic acids is 1. The number of methoxy groups -OCH3 is 1. The summed E-state index contributed by atoms with van der Waals surface area (Å²) in [4.78, 5) is 50.2. The Morgan fingerprint density at radius 3 is 2.62 bits per heavy atom. The van der Waals surface area contributed by atoms with E-state index in [2.05, 4.69) is 5.32 Å². The number of likely N-dealkylation sites (N-methyl/N-ethyl adjacent to an activating group) is 1. The molecule has 0 aliphatic carbocycles. The van der Waals surface area contributed by atoms with Gasteiger partial charge in [0.1, 0.15) is 34.5 Å². The Kier molecular flexibility index (Phi) is 12.9. The van der Waals surface area contributed by atoms with Gasteiger partial charge in [0.15, 0.2) is 0 Å². The minimum atomic E-state index is -1.39. The van der Waals surface area contributed by atoms with Crippen LogP contribution in [0.4, 0.5) is 20.6 Å². The number of allylic oxidation sites excluding steroid dienone is 3. The molecule has 2 aromatic rings. The van der Waals surface area contributed by atoms with Gasteiger partial charge in [0.25, 0.3) is 5.91 Å². The van der Waals surface area contributed by atoms with Crippen molar-refractivity contribution in [1.29, 1.82) is 0 Å². The maximum Gasteiger partial charge on any atom is 0.409 e. The Bertz CT molecular complexity index is 1750. The number of halogens is 2. The van der Waals surface area contributed by atoms with Crippen molar-refractivity contribution < 1.29 is 48.0 Å². The standard InChI is InChI=1S/C26H33ClN2O6.C11H13FN2O3/c1-15-7-5-6-10-26(32)14-21(35-25(31)28-26)16(2)24-19(34-24)8-9-22(30)29(3)18-12-17(11-15)13-20(33-4)23(18)27;1-6(11(16)17)14(2)10(15)8-5-7(13)3-4-9(8)12/h5-7,12-13,16,19,21,24,32H,8-11,14H2,1-4H3,(H,28,31);3-6H,13H2,1-2H3,(H,16,17)/b6-5+,15-7+;/t16-,19?,21?,24+,26-;6-/m10/s1. The van der Waals surface area contributed by atoms with Crippen molar-refractivity contribution in [2.45, 2.75) is 83.0 Å². The summed E-state index contributed by atoms with van der Waals surface area (Å²) in [6.07, 6.45) is 6.25. The van der Waals surface area contributed by atoms with E-state index in [1.807, 2.05) is 44.2 Å². The number of aliphatic hydroxyl groups is 1. The highest BCUT2D eigenvalue weighted by atomic mass is 35.5. The number of fused-ring (bicyclic) bond motifs is 5. The van der Waals surface area contributed by atoms with Crippen LogP contribution in [0, 0.1) is 11.7 Å². The molecule has 2 unspecified atom stereocenters. The van der Waals surface area contributed by atoms with E-state index in [4.69, 9.17) is 36.7 Å². The second kappa shape index (κ2) is 16.8. The molecule has 0 aromatic heterocycles. The highest BCUT2D eigenvalue weighted by molar-refractivity contribution is 6.35. The molecule has 2 saturated heterocycles. The molecule has 4 bridgehead atoms. The second-order valence-electron chi connectivity index (χ2n) is 13.4. The van der Waals surface area contributed by atoms with E-state index in [-0.39, 0.29) is 54.5 Å². The van der Waals surface area contributed by atoms with Crippen molar-refractivity contribution in [2.75, 3.05) is 31.8 Å². The maximum absolute atomic E-state index is 13.4. The van der Waals surface area contributed by atoms with Gasteiger partial charge in [-0.25, -0.2) is 14.0 Å². The van der Waals surface area contributed by atoms with E-state index in [0.29, 0.717) is 29.3 Å². The summed E-state index contributed by atoms with van der Waals surface area (Å²) in [5.74, 6) is -2.29. The summed E-state index contributed by atoms with van der Waals surface area (Å²) in [7, 11) is 4.56. The summed E-state index contributed by atoms with van der Waals surface area (Å²) in [6.45, 7) is 5.28. The van der Waals surface area contributed by atoms with Crippen LogP contribution in [-0.4, -0.2) is 90.3 Å². The van der Waals surface area contributed by atoms with Gasteiger partial charge in [-0.05, 0) is 62.6 Å². The van der Waals surface area contributed by atoms with Gasteiger partial charge in [-0.3, -0.25) is 14.9 Å². The number of carbonyl (C=O) groups is 4. The molecule has 3 amide bonds. The number of nitrogens with zero attached hydrogens (tertiary/aromatic N) is 2. The number of nitrogens with two attached hydrogens (primary N) is 1. The molecule has 52 heavy (non-hydrogen) atoms. The number of alkyl carbamates (subject to hydrolysis) is 1. The molecular formula is C37H46ClFN4O9. The van der Waals surface area contributed by atoms with E-state index < -0.39 is 41.7 Å². The second-order valence-corrected chi connectivity index (χ2v) is 13.8. The fourth-order valence-electron chi connectivity index (χ4n) is 6.09. The molecule has 282 valence electrons. The van der Waals surface area contributed by atoms with Crippen molar-refractivity contribution in [3.8, 4) is 5.75 Å². The highest BCUT2D eigenvalue weighted by Gasteiger charge is 2.50. The maximum atomic E-state index is 13.4. The van der Waals surface area contributed by atoms with Gasteiger partial charge in [-0.2, -0.15) is 0 Å². The molecule has 5 N–H and O–H groups in total. The Hall–Kier alpha value is -4.66. The molecule has 0 saturated carbocycles. The number of ether oxygens (including phenoxy) is 3. The number of epoxide rings is 1. The third-order valence-electron chi connectivity index (χ3n) is 9.47. The van der Waals surface area contributed by atoms with Crippen molar-refractivity contribution in [3.05, 3.63) is 76.1 Å². The number of nitrogens with one attached hydrogen (secondary N) is 1. The number of anilines is 2. The van der Waals surface area contributed by atoms with Crippen LogP contribution in [-0.2, 0) is 25.5 Å². The van der Waals surface area contributed by atoms with Crippen LogP contribution in [0.15, 0.2) is 54.1 Å². The van der Waals surface area contributed by atoms with Gasteiger partial charge in [-0.1, -0.05) is 42.3 Å². The summed E-state index contributed by atoms with van der Waals surface area (Å²) in [6, 6.07) is 6.33. The molecule has 3 heterocycles. The molecule has 3 aliphatic heterocycles. The number of hydrogen-bond donors (Lipinski definition) is 4. The molecule has 6 atom stereocenters. The first-order valence-corrected chi connectivity index (χ1v) is 17.2. The molecule has 0 radical (unpaired) electrons. The Morgan fingerprint density at radius 2 is 1.94 bits per heavy atom. The summed E-state index contributed by atoms with van der Waals surface area (Å²) in [5.41, 5.74) is 6.68. The quantitative estimate of drug-likeness (QED) is 0.243. The zero-order valence-electron chi connectivity index (χ0n) is 30.0. The Balaban J connectivity index is 0.000000299. The number of hydrogen-bond acceptors (Lipinski definition) is 9. The number of aliphatic carboxylic acids is 1. The van der Waals surface area contributed by atoms with Crippen LogP contribution in [0.3, 0.4) is 0 Å². The minimum absolute atomic E-state index is 0.0798. The van der Waals surface area contributed by atoms with Gasteiger partial charge in [-0.15, -0.1) is 0 Å². The number of nitrogen functional groups attached to an aromatic ring is 1. The Labute approximate surface area is 307 Å². The topological polar surface area (TPSA) is 184 Å². The van der Waals surface area contributed by atoms with Gasteiger partial charge >= 0.3 is 12.1 Å². The first kappa shape index (κ1) is 40.1. The van der Waals surface area contributed by atoms with E-state index in [0.717, 1.165) is 22.1 Å². The lowest BCUT2D eigenvalue weighted by atomic mass is 9.89. The predicted octanol–water partition coefficient (Wildman–Crippen LogP) is 5.08. The number of amides is 3. The smallest absolute Gasteiger partial charge is 0.409 e. The van der Waals surface area contributed by atoms with Crippen LogP contribution in [0.5, 0.6) is 5.75 Å². The summed E-state index contributed by atoms with van der Waals surface area (Å²) >= 11 is 6.56. The molecule has 2 fully saturated rings. The van der Waals surface area contributed by atoms with Crippen LogP contribution in [0.2, 0.25) is 5.02 Å². The lowest BCUT2D eigenvalue weighted by molar-refractivity contribution is -0.141. The van der Waals surface area contributed by atoms with Gasteiger partial charge in [0, 0.05) is 45.0 Å². The average molecular weight is 745 g/mol. The molecule has 15 heteroatoms. The molecule has 3 aliphatic rings. The highest BCUT2D eigenvalue weighted by Crippen LogP contribution is 2.40. The van der Waals surface area contributed by atoms with Gasteiger partial charge in [0.05, 0.1) is 30.6 Å². The van der Waals surface area contributed by atoms with Gasteiger partial charge in [0.2, 0.25) is 5.91 Å². The number of benzene rings is 2. The van der Waals surface area contributed by atoms with Crippen molar-refractivity contribution >= 4 is 46.9 Å². The SMILES string of the molecule is COc1cc2cc(c1Cl)N(C)C(=O)CCC1O[C@H]1[C@H](C)C1C[C@](O)(C/C=C/C=C(\C)C2)NC(=O)O1.C[C@@H](C(=O)O)N(C)C(=O)c1cc(N)ccc1F. The molecule has 2 aromatic carbocycles. The van der Waals surface area contributed by atoms with Crippen molar-refractivity contribution in [1.82, 2.24) is 10.2 Å². The van der Waals surface area contributed by atoms with Crippen LogP contribution in [0.1, 0.15) is 62.4 Å². The number of carboxylic acid groups (broad SMARTS) is 1. The lowest BCUT2D eigenvalue weighted by Crippen LogP contribution is -2.57. The van der Waals surface area contributed by atoms with Crippen molar-refractivity contribution in [3.63, 3.8) is 0 Å². The van der Waals surface area contributed by atoms with Crippen LogP contribution >= 0.6 is 11.6 Å². The zero-order valence-corrected chi connectivity index (χ0v) is 30.8. The molecule has 13 nitrogen and oxygen atoms in total. The summed E-state index contributed by atoms with van der Waals surface area (Å²) < 4.78 is 30.2. The normalized spacial score (nSPS) is 26.9. The fourth-order valence-corrected chi connectivity index (χ4v) is 6.40. The third-order valence-corrected chi connectivity index (χ3v) is 9.85. The molecule has 5 rings (SSSR count). The monoisotopic (exact) mass is 744 g/mol. The lowest BCUT2D eigenvalue weighted by Gasteiger charge is -2.38. The van der Waals surface area contributed by atoms with E-state index in [9.17, 15) is 28.7 Å². The first-order chi connectivity index (χ1) is 24.4. The first-order valence-electron chi connectivity index (χ1n) is 16.8. The predicted molar refractivity (Wildman–Crippen MR) is 193 cm³/mol. The summed E-state index contributed by atoms with van der Waals surface area (Å²) in [5, 5.41) is 22.7. The molecular weight excluding hydrogens is 699 g/mol. The van der Waals surface area contributed by atoms with E-state index in [1.54, 1.807) is 19.1 Å². The van der Waals surface area contributed by atoms with Crippen LogP contribution in [0.25, 0.3) is 0 Å². The van der Waals surface area contributed by atoms with Gasteiger partial charge < -0.3 is 40.0 Å². The minimum Gasteiger partial charge on any atom is -0.495 e. The average Bonchev–Trinajstić information content (AvgIpc) is 3.88. The fraction of sp³-hybridized carbons (Fsp3) is 0.459. The zero-order chi connectivity index (χ0) is 38.5. The van der Waals surface area contributed by atoms with E-state index >= 15 is 0 Å². The van der Waals surface area contributed by atoms with Crippen molar-refractivity contribution in [2.24, 2.45) is 5.92 Å². The third kappa shape index (κ3) is 9.81. The number of carbonyl (C=O) groups excluding carboxylic acids is 3.